The van der Waals surface area contributed by atoms with Crippen molar-refractivity contribution in [1.82, 2.24) is 0 Å². The summed E-state index contributed by atoms with van der Waals surface area (Å²) >= 11 is 0. The van der Waals surface area contributed by atoms with Crippen LogP contribution in [0.1, 0.15) is 16.7 Å². The first kappa shape index (κ1) is 11.8. The lowest BCUT2D eigenvalue weighted by molar-refractivity contribution is 0.626. The van der Waals surface area contributed by atoms with Crippen molar-refractivity contribution < 1.29 is 8.78 Å². The number of halogens is 2. The third-order valence-electron chi connectivity index (χ3n) is 2.20. The predicted molar refractivity (Wildman–Crippen MR) is 63.5 cm³/mol. The molecule has 18 heavy (non-hydrogen) atoms. The molecule has 0 unspecified atom stereocenters. The van der Waals surface area contributed by atoms with E-state index in [1.54, 1.807) is 12.1 Å². The van der Waals surface area contributed by atoms with Gasteiger partial charge in [-0.15, -0.1) is 0 Å². The maximum atomic E-state index is 13.1. The Labute approximate surface area is 103 Å². The Bertz CT molecular complexity index is 688. The van der Waals surface area contributed by atoms with E-state index in [2.05, 4.69) is 11.8 Å². The molecule has 1 nitrogen and oxygen atoms in total. The fourth-order valence-electron chi connectivity index (χ4n) is 1.44. The van der Waals surface area contributed by atoms with Gasteiger partial charge in [-0.2, -0.15) is 5.26 Å². The molecule has 0 saturated carbocycles. The van der Waals surface area contributed by atoms with Gasteiger partial charge in [0, 0.05) is 11.1 Å². The molecule has 2 aromatic rings. The average Bonchev–Trinajstić information content (AvgIpc) is 2.36. The Balaban J connectivity index is 2.36. The normalized spacial score (nSPS) is 9.17. The van der Waals surface area contributed by atoms with E-state index in [1.807, 2.05) is 6.07 Å². The van der Waals surface area contributed by atoms with E-state index < -0.39 is 5.82 Å². The van der Waals surface area contributed by atoms with E-state index >= 15 is 0 Å². The van der Waals surface area contributed by atoms with Gasteiger partial charge in [-0.25, -0.2) is 8.78 Å². The standard InChI is InChI=1S/C15H7F2N/c16-14-3-1-2-11(7-14)4-5-12-6-13(10-18)9-15(17)8-12/h1-3,6-9H. The number of rotatable bonds is 0. The molecule has 86 valence electrons. The second-order valence-electron chi connectivity index (χ2n) is 3.60. The van der Waals surface area contributed by atoms with Gasteiger partial charge in [-0.3, -0.25) is 0 Å². The minimum absolute atomic E-state index is 0.207. The highest BCUT2D eigenvalue weighted by atomic mass is 19.1. The van der Waals surface area contributed by atoms with E-state index in [9.17, 15) is 8.78 Å². The topological polar surface area (TPSA) is 23.8 Å². The third kappa shape index (κ3) is 2.93. The molecule has 0 N–H and O–H groups in total. The Kier molecular flexibility index (Phi) is 3.36. The molecule has 2 aromatic carbocycles. The van der Waals surface area contributed by atoms with Crippen LogP contribution in [0.3, 0.4) is 0 Å². The molecule has 0 bridgehead atoms. The number of benzene rings is 2. The molecule has 0 aliphatic rings. The molecule has 0 saturated heterocycles. The molecule has 0 aliphatic carbocycles. The first-order valence-corrected chi connectivity index (χ1v) is 5.15. The summed E-state index contributed by atoms with van der Waals surface area (Å²) in [6.07, 6.45) is 0. The summed E-state index contributed by atoms with van der Waals surface area (Å²) in [5.41, 5.74) is 1.09. The van der Waals surface area contributed by atoms with Crippen LogP contribution in [0.2, 0.25) is 0 Å². The highest BCUT2D eigenvalue weighted by Crippen LogP contribution is 2.08. The summed E-state index contributed by atoms with van der Waals surface area (Å²) in [6.45, 7) is 0. The van der Waals surface area contributed by atoms with E-state index in [0.717, 1.165) is 6.07 Å². The van der Waals surface area contributed by atoms with Crippen LogP contribution in [-0.4, -0.2) is 0 Å². The Morgan fingerprint density at radius 2 is 1.44 bits per heavy atom. The Morgan fingerprint density at radius 1 is 0.778 bits per heavy atom. The predicted octanol–water partition coefficient (Wildman–Crippen LogP) is 3.24. The molecule has 0 spiro atoms. The van der Waals surface area contributed by atoms with Crippen LogP contribution in [0.25, 0.3) is 0 Å². The molecular weight excluding hydrogens is 232 g/mol. The molecule has 0 atom stereocenters. The second kappa shape index (κ2) is 5.12. The van der Waals surface area contributed by atoms with Gasteiger partial charge in [-0.05, 0) is 36.4 Å². The monoisotopic (exact) mass is 239 g/mol. The van der Waals surface area contributed by atoms with Gasteiger partial charge >= 0.3 is 0 Å². The van der Waals surface area contributed by atoms with Crippen molar-refractivity contribution in [3.63, 3.8) is 0 Å². The molecule has 0 amide bonds. The van der Waals surface area contributed by atoms with Crippen molar-refractivity contribution >= 4 is 0 Å². The van der Waals surface area contributed by atoms with Crippen LogP contribution in [0, 0.1) is 34.8 Å². The first-order chi connectivity index (χ1) is 8.67. The van der Waals surface area contributed by atoms with Crippen molar-refractivity contribution in [1.29, 1.82) is 5.26 Å². The summed E-state index contributed by atoms with van der Waals surface area (Å²) in [5.74, 6) is 4.52. The maximum absolute atomic E-state index is 13.1. The molecule has 0 aliphatic heterocycles. The van der Waals surface area contributed by atoms with E-state index in [-0.39, 0.29) is 11.4 Å². The van der Waals surface area contributed by atoms with Gasteiger partial charge in [0.25, 0.3) is 0 Å². The van der Waals surface area contributed by atoms with Crippen LogP contribution in [-0.2, 0) is 0 Å². The maximum Gasteiger partial charge on any atom is 0.125 e. The van der Waals surface area contributed by atoms with Crippen LogP contribution in [0.5, 0.6) is 0 Å². The van der Waals surface area contributed by atoms with Crippen molar-refractivity contribution in [2.75, 3.05) is 0 Å². The third-order valence-corrected chi connectivity index (χ3v) is 2.20. The molecule has 2 rings (SSSR count). The van der Waals surface area contributed by atoms with E-state index in [0.29, 0.717) is 11.1 Å². The zero-order valence-corrected chi connectivity index (χ0v) is 9.24. The SMILES string of the molecule is N#Cc1cc(F)cc(C#Cc2cccc(F)c2)c1. The minimum atomic E-state index is -0.516. The Morgan fingerprint density at radius 3 is 2.17 bits per heavy atom. The summed E-state index contributed by atoms with van der Waals surface area (Å²) in [6, 6.07) is 11.5. The lowest BCUT2D eigenvalue weighted by Gasteiger charge is -1.94. The zero-order valence-electron chi connectivity index (χ0n) is 9.24. The second-order valence-corrected chi connectivity index (χ2v) is 3.60. The van der Waals surface area contributed by atoms with Gasteiger partial charge < -0.3 is 0 Å². The quantitative estimate of drug-likeness (QED) is 0.647. The van der Waals surface area contributed by atoms with Crippen LogP contribution in [0.4, 0.5) is 8.78 Å². The molecule has 0 fully saturated rings. The highest BCUT2D eigenvalue weighted by molar-refractivity contribution is 5.46. The molecule has 0 aromatic heterocycles. The largest absolute Gasteiger partial charge is 0.207 e. The van der Waals surface area contributed by atoms with Gasteiger partial charge in [0.15, 0.2) is 0 Å². The number of nitriles is 1. The molecular formula is C15H7F2N. The lowest BCUT2D eigenvalue weighted by atomic mass is 10.1. The van der Waals surface area contributed by atoms with Crippen LogP contribution >= 0.6 is 0 Å². The number of nitrogens with zero attached hydrogens (tertiary/aromatic N) is 1. The smallest absolute Gasteiger partial charge is 0.125 e. The van der Waals surface area contributed by atoms with Crippen molar-refractivity contribution in [3.8, 4) is 17.9 Å². The summed E-state index contributed by atoms with van der Waals surface area (Å²) < 4.78 is 26.0. The van der Waals surface area contributed by atoms with Gasteiger partial charge in [0.2, 0.25) is 0 Å². The number of hydrogen-bond donors (Lipinski definition) is 0. The fraction of sp³-hybridized carbons (Fsp3) is 0. The van der Waals surface area contributed by atoms with Crippen LogP contribution < -0.4 is 0 Å². The Hall–Kier alpha value is -2.65. The van der Waals surface area contributed by atoms with Gasteiger partial charge in [0.05, 0.1) is 11.6 Å². The summed E-state index contributed by atoms with van der Waals surface area (Å²) in [7, 11) is 0. The van der Waals surface area contributed by atoms with Crippen LogP contribution in [0.15, 0.2) is 42.5 Å². The van der Waals surface area contributed by atoms with Crippen molar-refractivity contribution in [2.24, 2.45) is 0 Å². The fourth-order valence-corrected chi connectivity index (χ4v) is 1.44. The lowest BCUT2D eigenvalue weighted by Crippen LogP contribution is -1.83. The van der Waals surface area contributed by atoms with Crippen molar-refractivity contribution in [3.05, 3.63) is 70.8 Å². The molecule has 0 radical (unpaired) electrons. The minimum Gasteiger partial charge on any atom is -0.207 e. The van der Waals surface area contributed by atoms with E-state index in [1.165, 1.54) is 24.3 Å². The van der Waals surface area contributed by atoms with Gasteiger partial charge in [0.1, 0.15) is 11.6 Å². The zero-order chi connectivity index (χ0) is 13.0. The average molecular weight is 239 g/mol. The van der Waals surface area contributed by atoms with Gasteiger partial charge in [-0.1, -0.05) is 17.9 Å². The molecule has 0 heterocycles. The highest BCUT2D eigenvalue weighted by Gasteiger charge is 1.98. The first-order valence-electron chi connectivity index (χ1n) is 5.15. The van der Waals surface area contributed by atoms with Crippen molar-refractivity contribution in [2.45, 2.75) is 0 Å². The van der Waals surface area contributed by atoms with E-state index in [4.69, 9.17) is 5.26 Å². The number of hydrogen-bond acceptors (Lipinski definition) is 1. The summed E-state index contributed by atoms with van der Waals surface area (Å²) in [5, 5.41) is 8.69. The molecule has 3 heteroatoms. The summed E-state index contributed by atoms with van der Waals surface area (Å²) in [4.78, 5) is 0.